The minimum Gasteiger partial charge on any atom is -0.452 e. The largest absolute Gasteiger partial charge is 0.452 e. The van der Waals surface area contributed by atoms with Gasteiger partial charge in [0.2, 0.25) is 10.0 Å². The molecule has 0 aliphatic carbocycles. The maximum Gasteiger partial charge on any atom is 0.331 e. The van der Waals surface area contributed by atoms with E-state index in [2.05, 4.69) is 10.3 Å². The fourth-order valence-corrected chi connectivity index (χ4v) is 4.18. The zero-order valence-corrected chi connectivity index (χ0v) is 17.9. The van der Waals surface area contributed by atoms with E-state index in [-0.39, 0.29) is 10.7 Å². The van der Waals surface area contributed by atoms with Crippen LogP contribution in [0.4, 0.5) is 5.82 Å². The number of aromatic nitrogens is 1. The summed E-state index contributed by atoms with van der Waals surface area (Å²) in [6, 6.07) is 9.19. The highest BCUT2D eigenvalue weighted by Gasteiger charge is 2.25. The molecular weight excluding hydrogens is 446 g/mol. The Morgan fingerprint density at radius 1 is 1.16 bits per heavy atom. The number of hydrogen-bond acceptors (Lipinski definition) is 7. The lowest BCUT2D eigenvalue weighted by Gasteiger charge is -2.26. The van der Waals surface area contributed by atoms with Gasteiger partial charge < -0.3 is 14.8 Å². The summed E-state index contributed by atoms with van der Waals surface area (Å²) in [7, 11) is -3.58. The molecular formula is C20H20ClN3O6S. The molecule has 1 aromatic heterocycles. The van der Waals surface area contributed by atoms with Crippen molar-refractivity contribution in [2.75, 3.05) is 38.2 Å². The Kier molecular flexibility index (Phi) is 7.75. The van der Waals surface area contributed by atoms with Gasteiger partial charge in [-0.2, -0.15) is 4.31 Å². The minimum absolute atomic E-state index is 0.168. The smallest absolute Gasteiger partial charge is 0.331 e. The number of morpholine rings is 1. The topological polar surface area (TPSA) is 115 Å². The maximum atomic E-state index is 12.6. The standard InChI is InChI=1S/C20H20ClN3O6S/c21-16-4-7-18(22-13-16)23-19(25)14-30-20(26)8-3-15-1-5-17(6-2-15)31(27,28)24-9-11-29-12-10-24/h1-8,13H,9-12,14H2,(H,22,23,25). The molecule has 2 aromatic rings. The van der Waals surface area contributed by atoms with Crippen molar-refractivity contribution in [2.45, 2.75) is 4.90 Å². The van der Waals surface area contributed by atoms with Crippen LogP contribution >= 0.6 is 11.6 Å². The van der Waals surface area contributed by atoms with Gasteiger partial charge in [-0.25, -0.2) is 18.2 Å². The first kappa shape index (κ1) is 22.9. The number of carbonyl (C=O) groups is 2. The molecule has 0 unspecified atom stereocenters. The minimum atomic E-state index is -3.58. The third-order valence-electron chi connectivity index (χ3n) is 4.24. The number of esters is 1. The van der Waals surface area contributed by atoms with E-state index in [1.807, 2.05) is 0 Å². The molecule has 31 heavy (non-hydrogen) atoms. The predicted molar refractivity (Wildman–Crippen MR) is 114 cm³/mol. The van der Waals surface area contributed by atoms with Crippen LogP contribution in [0.15, 0.2) is 53.6 Å². The first-order valence-corrected chi connectivity index (χ1v) is 11.1. The van der Waals surface area contributed by atoms with Crippen LogP contribution < -0.4 is 5.32 Å². The number of sulfonamides is 1. The van der Waals surface area contributed by atoms with Gasteiger partial charge in [0.15, 0.2) is 6.61 Å². The van der Waals surface area contributed by atoms with E-state index in [1.165, 1.54) is 34.8 Å². The Hall–Kier alpha value is -2.79. The molecule has 1 N–H and O–H groups in total. The fourth-order valence-electron chi connectivity index (χ4n) is 2.66. The van der Waals surface area contributed by atoms with Crippen LogP contribution in [-0.2, 0) is 29.1 Å². The van der Waals surface area contributed by atoms with E-state index < -0.39 is 28.5 Å². The Labute approximate surface area is 184 Å². The molecule has 9 nitrogen and oxygen atoms in total. The quantitative estimate of drug-likeness (QED) is 0.491. The molecule has 1 aliphatic rings. The molecule has 1 aromatic carbocycles. The van der Waals surface area contributed by atoms with Crippen LogP contribution in [-0.4, -0.2) is 62.5 Å². The van der Waals surface area contributed by atoms with E-state index >= 15 is 0 Å². The van der Waals surface area contributed by atoms with Gasteiger partial charge in [-0.15, -0.1) is 0 Å². The summed E-state index contributed by atoms with van der Waals surface area (Å²) < 4.78 is 36.6. The van der Waals surface area contributed by atoms with Gasteiger partial charge >= 0.3 is 5.97 Å². The molecule has 0 radical (unpaired) electrons. The number of anilines is 1. The number of carbonyl (C=O) groups excluding carboxylic acids is 2. The number of amides is 1. The van der Waals surface area contributed by atoms with Crippen LogP contribution in [0.2, 0.25) is 5.02 Å². The normalized spacial score (nSPS) is 15.0. The lowest BCUT2D eigenvalue weighted by atomic mass is 10.2. The molecule has 164 valence electrons. The molecule has 0 bridgehead atoms. The van der Waals surface area contributed by atoms with Gasteiger partial charge in [-0.1, -0.05) is 23.7 Å². The molecule has 0 spiro atoms. The third kappa shape index (κ3) is 6.59. The number of nitrogens with one attached hydrogen (secondary N) is 1. The lowest BCUT2D eigenvalue weighted by Crippen LogP contribution is -2.40. The molecule has 2 heterocycles. The zero-order chi connectivity index (χ0) is 22.3. The molecule has 1 amide bonds. The van der Waals surface area contributed by atoms with Crippen molar-refractivity contribution in [2.24, 2.45) is 0 Å². The third-order valence-corrected chi connectivity index (χ3v) is 6.38. The van der Waals surface area contributed by atoms with Gasteiger partial charge in [0, 0.05) is 25.4 Å². The number of halogens is 1. The van der Waals surface area contributed by atoms with Crippen molar-refractivity contribution >= 4 is 45.4 Å². The molecule has 0 saturated carbocycles. The second-order valence-corrected chi connectivity index (χ2v) is 8.81. The SMILES string of the molecule is O=C(COC(=O)C=Cc1ccc(S(=O)(=O)N2CCOCC2)cc1)Nc1ccc(Cl)cn1. The average molecular weight is 466 g/mol. The highest BCUT2D eigenvalue weighted by Crippen LogP contribution is 2.18. The number of pyridine rings is 1. The van der Waals surface area contributed by atoms with Gasteiger partial charge in [0.05, 0.1) is 23.1 Å². The molecule has 1 aliphatic heterocycles. The number of rotatable bonds is 7. The number of nitrogens with zero attached hydrogens (tertiary/aromatic N) is 2. The Bertz CT molecular complexity index is 1050. The average Bonchev–Trinajstić information content (AvgIpc) is 2.79. The molecule has 1 saturated heterocycles. The van der Waals surface area contributed by atoms with Gasteiger partial charge in [0.1, 0.15) is 5.82 Å². The van der Waals surface area contributed by atoms with Crippen LogP contribution in [0.1, 0.15) is 5.56 Å². The first-order chi connectivity index (χ1) is 14.8. The van der Waals surface area contributed by atoms with Crippen molar-refractivity contribution in [3.63, 3.8) is 0 Å². The highest BCUT2D eigenvalue weighted by atomic mass is 35.5. The predicted octanol–water partition coefficient (Wildman–Crippen LogP) is 1.95. The second-order valence-electron chi connectivity index (χ2n) is 6.44. The first-order valence-electron chi connectivity index (χ1n) is 9.29. The summed E-state index contributed by atoms with van der Waals surface area (Å²) in [5, 5.41) is 2.90. The second kappa shape index (κ2) is 10.5. The molecule has 1 fully saturated rings. The van der Waals surface area contributed by atoms with E-state index in [0.29, 0.717) is 36.9 Å². The van der Waals surface area contributed by atoms with Crippen molar-refractivity contribution in [3.05, 3.63) is 59.3 Å². The summed E-state index contributed by atoms with van der Waals surface area (Å²) >= 11 is 5.71. The highest BCUT2D eigenvalue weighted by molar-refractivity contribution is 7.89. The monoisotopic (exact) mass is 465 g/mol. The van der Waals surface area contributed by atoms with E-state index in [4.69, 9.17) is 21.1 Å². The summed E-state index contributed by atoms with van der Waals surface area (Å²) in [5.41, 5.74) is 0.604. The lowest BCUT2D eigenvalue weighted by molar-refractivity contribution is -0.142. The van der Waals surface area contributed by atoms with Crippen LogP contribution in [0.3, 0.4) is 0 Å². The summed E-state index contributed by atoms with van der Waals surface area (Å²) in [6.07, 6.45) is 3.99. The van der Waals surface area contributed by atoms with E-state index in [9.17, 15) is 18.0 Å². The summed E-state index contributed by atoms with van der Waals surface area (Å²) in [6.45, 7) is 0.895. The van der Waals surface area contributed by atoms with Crippen molar-refractivity contribution in [1.29, 1.82) is 0 Å². The Morgan fingerprint density at radius 2 is 1.87 bits per heavy atom. The van der Waals surface area contributed by atoms with Gasteiger partial charge in [-0.3, -0.25) is 4.79 Å². The van der Waals surface area contributed by atoms with E-state index in [1.54, 1.807) is 18.2 Å². The van der Waals surface area contributed by atoms with Crippen molar-refractivity contribution in [1.82, 2.24) is 9.29 Å². The van der Waals surface area contributed by atoms with Gasteiger partial charge in [-0.05, 0) is 35.9 Å². The molecule has 0 atom stereocenters. The number of ether oxygens (including phenoxy) is 2. The summed E-state index contributed by atoms with van der Waals surface area (Å²) in [4.78, 5) is 27.7. The fraction of sp³-hybridized carbons (Fsp3) is 0.250. The number of benzene rings is 1. The van der Waals surface area contributed by atoms with Gasteiger partial charge in [0.25, 0.3) is 5.91 Å². The van der Waals surface area contributed by atoms with Crippen molar-refractivity contribution < 1.29 is 27.5 Å². The molecule has 11 heteroatoms. The van der Waals surface area contributed by atoms with Crippen LogP contribution in [0.25, 0.3) is 6.08 Å². The summed E-state index contributed by atoms with van der Waals surface area (Å²) in [5.74, 6) is -0.980. The number of hydrogen-bond donors (Lipinski definition) is 1. The Morgan fingerprint density at radius 3 is 2.52 bits per heavy atom. The zero-order valence-electron chi connectivity index (χ0n) is 16.4. The van der Waals surface area contributed by atoms with Crippen LogP contribution in [0.5, 0.6) is 0 Å². The van der Waals surface area contributed by atoms with E-state index in [0.717, 1.165) is 6.08 Å². The van der Waals surface area contributed by atoms with Crippen molar-refractivity contribution in [3.8, 4) is 0 Å². The molecule has 3 rings (SSSR count). The van der Waals surface area contributed by atoms with Crippen LogP contribution in [0, 0.1) is 0 Å². The Balaban J connectivity index is 1.50. The maximum absolute atomic E-state index is 12.6.